The van der Waals surface area contributed by atoms with Crippen LogP contribution in [-0.4, -0.2) is 98.4 Å². The second-order valence-electron chi connectivity index (χ2n) is 11.6. The fourth-order valence-electron chi connectivity index (χ4n) is 5.87. The number of anilines is 2. The molecule has 5 rings (SSSR count). The first-order valence-electron chi connectivity index (χ1n) is 16.1. The summed E-state index contributed by atoms with van der Waals surface area (Å²) in [6, 6.07) is 15.6. The summed E-state index contributed by atoms with van der Waals surface area (Å²) in [4.78, 5) is 48.8. The van der Waals surface area contributed by atoms with E-state index in [4.69, 9.17) is 4.74 Å². The van der Waals surface area contributed by atoms with E-state index >= 15 is 0 Å². The van der Waals surface area contributed by atoms with E-state index in [9.17, 15) is 14.4 Å². The number of amides is 2. The summed E-state index contributed by atoms with van der Waals surface area (Å²) in [7, 11) is 2.13. The number of aryl methyl sites for hydroxylation is 1. The Morgan fingerprint density at radius 3 is 2.36 bits per heavy atom. The zero-order valence-corrected chi connectivity index (χ0v) is 28.7. The number of unbranched alkanes of at least 4 members (excludes halogenated alkanes) is 2. The summed E-state index contributed by atoms with van der Waals surface area (Å²) in [6.45, 7) is 11.4. The van der Waals surface area contributed by atoms with Gasteiger partial charge in [-0.3, -0.25) is 0 Å². The van der Waals surface area contributed by atoms with Gasteiger partial charge in [0.05, 0.1) is 0 Å². The number of nitrogens with zero attached hydrogens (tertiary/aromatic N) is 6. The van der Waals surface area contributed by atoms with E-state index in [1.165, 1.54) is 4.68 Å². The number of carbonyl (C=O) groups is 3. The second kappa shape index (κ2) is 15.1. The number of benzene rings is 2. The zero-order chi connectivity index (χ0) is 31.9. The number of para-hydroxylation sites is 1. The topological polar surface area (TPSA) is 91.2 Å². The summed E-state index contributed by atoms with van der Waals surface area (Å²) in [5, 5.41) is 4.64. The third-order valence-electron chi connectivity index (χ3n) is 8.58. The van der Waals surface area contributed by atoms with Gasteiger partial charge in [0.15, 0.2) is 0 Å². The average molecular weight is 676 g/mol. The molecule has 3 heterocycles. The van der Waals surface area contributed by atoms with Gasteiger partial charge in [0.1, 0.15) is 0 Å². The molecule has 2 amide bonds. The van der Waals surface area contributed by atoms with Crippen LogP contribution in [0.3, 0.4) is 0 Å². The van der Waals surface area contributed by atoms with Gasteiger partial charge in [-0.05, 0) is 0 Å². The van der Waals surface area contributed by atoms with E-state index in [-0.39, 0.29) is 17.1 Å². The SMILES string of the molecule is CCCCCOC(=O)n1nc([As]C(=O)c2ccc(N3CCN(C)CC3)cc2)c2c1CN(C(=O)N(CC)c1ccccc1CC)C2. The van der Waals surface area contributed by atoms with Crippen molar-refractivity contribution in [2.45, 2.75) is 59.5 Å². The second-order valence-corrected chi connectivity index (χ2v) is 13.8. The average Bonchev–Trinajstić information content (AvgIpc) is 3.64. The molecule has 10 nitrogen and oxygen atoms in total. The number of likely N-dealkylation sites (N-methyl/N-ethyl adjacent to an activating group) is 1. The van der Waals surface area contributed by atoms with Gasteiger partial charge in [0.2, 0.25) is 0 Å². The monoisotopic (exact) mass is 675 g/mol. The van der Waals surface area contributed by atoms with Crippen LogP contribution in [0.15, 0.2) is 48.5 Å². The van der Waals surface area contributed by atoms with Crippen LogP contribution < -0.4 is 14.3 Å². The molecule has 1 radical (unpaired) electrons. The number of urea groups is 1. The van der Waals surface area contributed by atoms with E-state index < -0.39 is 21.8 Å². The molecule has 1 saturated heterocycles. The minimum atomic E-state index is -1.05. The minimum absolute atomic E-state index is 0.0109. The van der Waals surface area contributed by atoms with Crippen molar-refractivity contribution in [2.75, 3.05) is 56.2 Å². The van der Waals surface area contributed by atoms with Gasteiger partial charge >= 0.3 is 274 Å². The van der Waals surface area contributed by atoms with Crippen molar-refractivity contribution < 1.29 is 19.1 Å². The van der Waals surface area contributed by atoms with Crippen molar-refractivity contribution in [3.05, 3.63) is 70.9 Å². The summed E-state index contributed by atoms with van der Waals surface area (Å²) in [5.41, 5.74) is 5.16. The Kier molecular flexibility index (Phi) is 11.0. The number of hydrogen-bond donors (Lipinski definition) is 0. The first-order chi connectivity index (χ1) is 21.8. The number of hydrogen-bond acceptors (Lipinski definition) is 7. The van der Waals surface area contributed by atoms with E-state index in [1.807, 2.05) is 55.5 Å². The van der Waals surface area contributed by atoms with Crippen molar-refractivity contribution in [3.63, 3.8) is 0 Å². The zero-order valence-electron chi connectivity index (χ0n) is 26.9. The summed E-state index contributed by atoms with van der Waals surface area (Å²) in [5.74, 6) is 0. The van der Waals surface area contributed by atoms with Crippen LogP contribution in [0, 0.1) is 0 Å². The Morgan fingerprint density at radius 1 is 0.933 bits per heavy atom. The fourth-order valence-corrected chi connectivity index (χ4v) is 7.84. The molecule has 0 bridgehead atoms. The number of carbonyl (C=O) groups excluding carboxylic acids is 3. The van der Waals surface area contributed by atoms with Crippen LogP contribution in [0.4, 0.5) is 21.0 Å². The standard InChI is InChI=1S/C34H44AsN6O4/c1-5-8-11-22-45-34(44)41-30-24-39(33(43)40(7-3)29-13-10-9-12-25(29)6-2)23-28(30)31(36-41)35-32(42)26-14-16-27(17-15-26)38-20-18-37(4)19-21-38/h9-10,12-17H,5-8,11,18-24H2,1-4H3. The van der Waals surface area contributed by atoms with E-state index in [2.05, 4.69) is 35.8 Å². The van der Waals surface area contributed by atoms with Crippen LogP contribution in [0.25, 0.3) is 0 Å². The van der Waals surface area contributed by atoms with Crippen molar-refractivity contribution in [2.24, 2.45) is 0 Å². The quantitative estimate of drug-likeness (QED) is 0.218. The Hall–Kier alpha value is -3.62. The van der Waals surface area contributed by atoms with Crippen LogP contribution in [0.2, 0.25) is 0 Å². The molecular formula is C34H44AsN6O4. The number of rotatable bonds is 11. The van der Waals surface area contributed by atoms with Crippen LogP contribution in [0.1, 0.15) is 67.2 Å². The van der Waals surface area contributed by atoms with Gasteiger partial charge in [-0.25, -0.2) is 0 Å². The number of aromatic nitrogens is 2. The van der Waals surface area contributed by atoms with Crippen molar-refractivity contribution in [3.8, 4) is 0 Å². The molecule has 0 saturated carbocycles. The molecular weight excluding hydrogens is 631 g/mol. The van der Waals surface area contributed by atoms with Crippen molar-refractivity contribution in [1.82, 2.24) is 19.6 Å². The first-order valence-corrected chi connectivity index (χ1v) is 17.9. The summed E-state index contributed by atoms with van der Waals surface area (Å²) >= 11 is -1.05. The van der Waals surface area contributed by atoms with E-state index in [1.54, 1.807) is 9.80 Å². The molecule has 239 valence electrons. The maximum absolute atomic E-state index is 13.9. The molecule has 2 aliphatic rings. The Labute approximate surface area is 273 Å². The van der Waals surface area contributed by atoms with Gasteiger partial charge in [-0.1, -0.05) is 0 Å². The molecule has 0 N–H and O–H groups in total. The fraction of sp³-hybridized carbons (Fsp3) is 0.471. The molecule has 2 aliphatic heterocycles. The molecule has 1 aromatic heterocycles. The Bertz CT molecular complexity index is 1500. The molecule has 2 aromatic carbocycles. The third-order valence-corrected chi connectivity index (χ3v) is 10.7. The van der Waals surface area contributed by atoms with Gasteiger partial charge in [0, 0.05) is 0 Å². The molecule has 0 atom stereocenters. The molecule has 11 heteroatoms. The molecule has 45 heavy (non-hydrogen) atoms. The van der Waals surface area contributed by atoms with Crippen molar-refractivity contribution >= 4 is 48.3 Å². The normalized spacial score (nSPS) is 15.1. The molecule has 0 spiro atoms. The van der Waals surface area contributed by atoms with Gasteiger partial charge in [-0.15, -0.1) is 0 Å². The van der Waals surface area contributed by atoms with E-state index in [0.717, 1.165) is 74.4 Å². The van der Waals surface area contributed by atoms with Gasteiger partial charge < -0.3 is 0 Å². The predicted molar refractivity (Wildman–Crippen MR) is 178 cm³/mol. The van der Waals surface area contributed by atoms with Gasteiger partial charge in [-0.2, -0.15) is 0 Å². The van der Waals surface area contributed by atoms with Crippen molar-refractivity contribution in [1.29, 1.82) is 0 Å². The van der Waals surface area contributed by atoms with Crippen LogP contribution in [-0.2, 0) is 24.2 Å². The number of ether oxygens (including phenoxy) is 1. The summed E-state index contributed by atoms with van der Waals surface area (Å²) in [6.07, 6.45) is 3.02. The van der Waals surface area contributed by atoms with E-state index in [0.29, 0.717) is 35.4 Å². The Morgan fingerprint density at radius 2 is 1.67 bits per heavy atom. The molecule has 1 fully saturated rings. The molecule has 3 aromatic rings. The number of fused-ring (bicyclic) bond motifs is 1. The van der Waals surface area contributed by atoms with Gasteiger partial charge in [0.25, 0.3) is 0 Å². The summed E-state index contributed by atoms with van der Waals surface area (Å²) < 4.78 is 7.47. The van der Waals surface area contributed by atoms with Crippen LogP contribution >= 0.6 is 0 Å². The molecule has 0 unspecified atom stereocenters. The predicted octanol–water partition coefficient (Wildman–Crippen LogP) is 4.50. The first kappa shape index (κ1) is 32.8. The Balaban J connectivity index is 1.36. The third kappa shape index (κ3) is 7.44. The van der Waals surface area contributed by atoms with Crippen LogP contribution in [0.5, 0.6) is 0 Å². The molecule has 0 aliphatic carbocycles. The number of piperazine rings is 1. The maximum atomic E-state index is 13.9.